The van der Waals surface area contributed by atoms with Crippen molar-refractivity contribution in [3.05, 3.63) is 54.0 Å². The summed E-state index contributed by atoms with van der Waals surface area (Å²) in [5.41, 5.74) is 0.742. The molecule has 0 radical (unpaired) electrons. The van der Waals surface area contributed by atoms with Crippen molar-refractivity contribution in [2.45, 2.75) is 6.92 Å². The number of piperazine rings is 1. The first-order valence-electron chi connectivity index (χ1n) is 8.77. The number of carbonyl (C=O) groups is 2. The molecule has 2 heterocycles. The van der Waals surface area contributed by atoms with Crippen LogP contribution >= 0.6 is 0 Å². The van der Waals surface area contributed by atoms with Crippen LogP contribution in [0.1, 0.15) is 17.3 Å². The molecule has 1 aromatic carbocycles. The van der Waals surface area contributed by atoms with Gasteiger partial charge in [-0.15, -0.1) is 0 Å². The molecular weight excluding hydrogens is 351 g/mol. The Morgan fingerprint density at radius 1 is 1.15 bits per heavy atom. The Bertz CT molecular complexity index is 822. The lowest BCUT2D eigenvalue weighted by Crippen LogP contribution is -2.50. The zero-order valence-corrected chi connectivity index (χ0v) is 15.0. The minimum absolute atomic E-state index is 0.155. The average Bonchev–Trinajstić information content (AvgIpc) is 2.70. The molecule has 2 amide bonds. The lowest BCUT2D eigenvalue weighted by Gasteiger charge is -2.34. The number of nitrogens with one attached hydrogen (secondary N) is 1. The largest absolute Gasteiger partial charge is 0.450 e. The molecular formula is C19H21FN4O3. The Labute approximate surface area is 156 Å². The SMILES string of the molecule is CCOC(=O)N1CCN(C(=O)c2ccnc(Nc3ccccc3F)c2)CC1. The van der Waals surface area contributed by atoms with Crippen LogP contribution in [0.25, 0.3) is 0 Å². The maximum absolute atomic E-state index is 13.8. The molecule has 142 valence electrons. The average molecular weight is 372 g/mol. The lowest BCUT2D eigenvalue weighted by atomic mass is 10.2. The first-order chi connectivity index (χ1) is 13.1. The van der Waals surface area contributed by atoms with E-state index in [1.165, 1.54) is 12.3 Å². The summed E-state index contributed by atoms with van der Waals surface area (Å²) in [6.45, 7) is 3.79. The number of ether oxygens (including phenoxy) is 1. The number of nitrogens with zero attached hydrogens (tertiary/aromatic N) is 3. The quantitative estimate of drug-likeness (QED) is 0.893. The number of amides is 2. The number of para-hydroxylation sites is 1. The highest BCUT2D eigenvalue weighted by atomic mass is 19.1. The predicted molar refractivity (Wildman–Crippen MR) is 98.4 cm³/mol. The molecule has 0 unspecified atom stereocenters. The summed E-state index contributed by atoms with van der Waals surface area (Å²) >= 11 is 0. The number of pyridine rings is 1. The van der Waals surface area contributed by atoms with E-state index >= 15 is 0 Å². The molecule has 1 saturated heterocycles. The van der Waals surface area contributed by atoms with Crippen LogP contribution in [-0.4, -0.2) is 59.6 Å². The lowest BCUT2D eigenvalue weighted by molar-refractivity contribution is 0.0570. The molecule has 1 aromatic heterocycles. The summed E-state index contributed by atoms with van der Waals surface area (Å²) in [4.78, 5) is 31.9. The van der Waals surface area contributed by atoms with E-state index in [9.17, 15) is 14.0 Å². The van der Waals surface area contributed by atoms with Crippen molar-refractivity contribution in [2.75, 3.05) is 38.1 Å². The first-order valence-corrected chi connectivity index (χ1v) is 8.77. The van der Waals surface area contributed by atoms with Crippen LogP contribution in [0.5, 0.6) is 0 Å². The molecule has 0 spiro atoms. The highest BCUT2D eigenvalue weighted by molar-refractivity contribution is 5.95. The van der Waals surface area contributed by atoms with Crippen molar-refractivity contribution in [2.24, 2.45) is 0 Å². The van der Waals surface area contributed by atoms with E-state index < -0.39 is 5.82 Å². The normalized spacial score (nSPS) is 14.0. The van der Waals surface area contributed by atoms with Gasteiger partial charge in [0.25, 0.3) is 5.91 Å². The smallest absolute Gasteiger partial charge is 0.409 e. The fourth-order valence-corrected chi connectivity index (χ4v) is 2.82. The molecule has 27 heavy (non-hydrogen) atoms. The molecule has 2 aromatic rings. The zero-order chi connectivity index (χ0) is 19.2. The number of aromatic nitrogens is 1. The third-order valence-electron chi connectivity index (χ3n) is 4.24. The summed E-state index contributed by atoms with van der Waals surface area (Å²) in [6.07, 6.45) is 1.15. The van der Waals surface area contributed by atoms with Gasteiger partial charge in [0.15, 0.2) is 0 Å². The van der Waals surface area contributed by atoms with E-state index in [1.54, 1.807) is 47.1 Å². The van der Waals surface area contributed by atoms with E-state index in [1.807, 2.05) is 0 Å². The Morgan fingerprint density at radius 2 is 1.85 bits per heavy atom. The van der Waals surface area contributed by atoms with Crippen LogP contribution < -0.4 is 5.32 Å². The maximum atomic E-state index is 13.8. The van der Waals surface area contributed by atoms with Gasteiger partial charge in [-0.05, 0) is 31.2 Å². The second-order valence-corrected chi connectivity index (χ2v) is 6.01. The minimum atomic E-state index is -0.397. The summed E-state index contributed by atoms with van der Waals surface area (Å²) in [7, 11) is 0. The van der Waals surface area contributed by atoms with Gasteiger partial charge in [0.2, 0.25) is 0 Å². The van der Waals surface area contributed by atoms with E-state index in [0.717, 1.165) is 0 Å². The summed E-state index contributed by atoms with van der Waals surface area (Å²) in [5.74, 6) is -0.167. The van der Waals surface area contributed by atoms with Crippen molar-refractivity contribution >= 4 is 23.5 Å². The first kappa shape index (κ1) is 18.6. The van der Waals surface area contributed by atoms with Crippen LogP contribution in [0.15, 0.2) is 42.6 Å². The van der Waals surface area contributed by atoms with Crippen LogP contribution in [0, 0.1) is 5.82 Å². The van der Waals surface area contributed by atoms with Gasteiger partial charge in [0.05, 0.1) is 12.3 Å². The van der Waals surface area contributed by atoms with Gasteiger partial charge in [-0.3, -0.25) is 4.79 Å². The van der Waals surface area contributed by atoms with Gasteiger partial charge in [-0.25, -0.2) is 14.2 Å². The number of rotatable bonds is 4. The zero-order valence-electron chi connectivity index (χ0n) is 15.0. The molecule has 8 heteroatoms. The molecule has 1 fully saturated rings. The van der Waals surface area contributed by atoms with Gasteiger partial charge in [0.1, 0.15) is 11.6 Å². The van der Waals surface area contributed by atoms with Crippen LogP contribution in [0.2, 0.25) is 0 Å². The third-order valence-corrected chi connectivity index (χ3v) is 4.24. The maximum Gasteiger partial charge on any atom is 0.409 e. The standard InChI is InChI=1S/C19H21FN4O3/c1-2-27-19(26)24-11-9-23(10-12-24)18(25)14-7-8-21-17(13-14)22-16-6-4-3-5-15(16)20/h3-8,13H,2,9-12H2,1H3,(H,21,22). The molecule has 0 bridgehead atoms. The third kappa shape index (κ3) is 4.52. The van der Waals surface area contributed by atoms with Crippen molar-refractivity contribution < 1.29 is 18.7 Å². The number of benzene rings is 1. The van der Waals surface area contributed by atoms with Gasteiger partial charge >= 0.3 is 6.09 Å². The molecule has 3 rings (SSSR count). The Hall–Kier alpha value is -3.16. The van der Waals surface area contributed by atoms with Gasteiger partial charge in [-0.2, -0.15) is 0 Å². The van der Waals surface area contributed by atoms with E-state index in [-0.39, 0.29) is 17.7 Å². The van der Waals surface area contributed by atoms with E-state index in [2.05, 4.69) is 10.3 Å². The number of anilines is 2. The summed E-state index contributed by atoms with van der Waals surface area (Å²) in [5, 5.41) is 2.88. The predicted octanol–water partition coefficient (Wildman–Crippen LogP) is 2.88. The van der Waals surface area contributed by atoms with Crippen molar-refractivity contribution in [1.82, 2.24) is 14.8 Å². The topological polar surface area (TPSA) is 74.8 Å². The summed E-state index contributed by atoms with van der Waals surface area (Å²) in [6, 6.07) is 9.47. The second kappa shape index (κ2) is 8.48. The fourth-order valence-electron chi connectivity index (χ4n) is 2.82. The molecule has 1 aliphatic heterocycles. The number of carbonyl (C=O) groups excluding carboxylic acids is 2. The Morgan fingerprint density at radius 3 is 2.56 bits per heavy atom. The van der Waals surface area contributed by atoms with E-state index in [4.69, 9.17) is 4.74 Å². The molecule has 7 nitrogen and oxygen atoms in total. The van der Waals surface area contributed by atoms with Gasteiger partial charge in [0, 0.05) is 37.9 Å². The second-order valence-electron chi connectivity index (χ2n) is 6.01. The van der Waals surface area contributed by atoms with Crippen LogP contribution in [-0.2, 0) is 4.74 Å². The molecule has 1 N–H and O–H groups in total. The highest BCUT2D eigenvalue weighted by Gasteiger charge is 2.25. The van der Waals surface area contributed by atoms with Crippen LogP contribution in [0.3, 0.4) is 0 Å². The van der Waals surface area contributed by atoms with Gasteiger partial charge < -0.3 is 19.9 Å². The van der Waals surface area contributed by atoms with Crippen molar-refractivity contribution in [3.63, 3.8) is 0 Å². The summed E-state index contributed by atoms with van der Waals surface area (Å²) < 4.78 is 18.8. The van der Waals surface area contributed by atoms with Crippen molar-refractivity contribution in [3.8, 4) is 0 Å². The minimum Gasteiger partial charge on any atom is -0.450 e. The monoisotopic (exact) mass is 372 g/mol. The molecule has 0 atom stereocenters. The van der Waals surface area contributed by atoms with Crippen LogP contribution in [0.4, 0.5) is 20.7 Å². The van der Waals surface area contributed by atoms with Gasteiger partial charge in [-0.1, -0.05) is 12.1 Å². The molecule has 0 saturated carbocycles. The number of hydrogen-bond acceptors (Lipinski definition) is 5. The Kier molecular flexibility index (Phi) is 5.85. The molecule has 0 aliphatic carbocycles. The van der Waals surface area contributed by atoms with Crippen molar-refractivity contribution in [1.29, 1.82) is 0 Å². The Balaban J connectivity index is 1.64. The number of hydrogen-bond donors (Lipinski definition) is 1. The molecule has 1 aliphatic rings. The highest BCUT2D eigenvalue weighted by Crippen LogP contribution is 2.19. The number of halogens is 1. The van der Waals surface area contributed by atoms with E-state index in [0.29, 0.717) is 44.2 Å². The fraction of sp³-hybridized carbons (Fsp3) is 0.316.